The summed E-state index contributed by atoms with van der Waals surface area (Å²) in [5.41, 5.74) is -0.564. The molecule has 0 aliphatic heterocycles. The predicted octanol–water partition coefficient (Wildman–Crippen LogP) is 1.32. The average Bonchev–Trinajstić information content (AvgIpc) is 2.36. The summed E-state index contributed by atoms with van der Waals surface area (Å²) in [6.07, 6.45) is 0.463. The number of hydrogen-bond donors (Lipinski definition) is 3. The van der Waals surface area contributed by atoms with Crippen molar-refractivity contribution in [3.8, 4) is 5.75 Å². The summed E-state index contributed by atoms with van der Waals surface area (Å²) in [5, 5.41) is 13.8. The van der Waals surface area contributed by atoms with Crippen molar-refractivity contribution >= 4 is 10.4 Å². The lowest BCUT2D eigenvalue weighted by Gasteiger charge is -2.34. The Morgan fingerprint density at radius 2 is 2.10 bits per heavy atom. The molecular weight excluding hydrogens is 282 g/mol. The Hall–Kier alpha value is -1.15. The molecule has 114 valence electrons. The Labute approximate surface area is 119 Å². The molecule has 1 aromatic carbocycles. The van der Waals surface area contributed by atoms with E-state index in [0.29, 0.717) is 18.5 Å². The lowest BCUT2D eigenvalue weighted by Crippen LogP contribution is -2.38. The van der Waals surface area contributed by atoms with Gasteiger partial charge >= 0.3 is 10.4 Å². The summed E-state index contributed by atoms with van der Waals surface area (Å²) in [7, 11) is -2.77. The summed E-state index contributed by atoms with van der Waals surface area (Å²) >= 11 is 0. The van der Waals surface area contributed by atoms with Crippen LogP contribution in [0.1, 0.15) is 25.8 Å². The summed E-state index contributed by atoms with van der Waals surface area (Å²) in [6, 6.07) is 6.09. The molecule has 7 heteroatoms. The van der Waals surface area contributed by atoms with E-state index in [-0.39, 0.29) is 11.7 Å². The molecule has 20 heavy (non-hydrogen) atoms. The summed E-state index contributed by atoms with van der Waals surface area (Å²) in [5.74, 6) is -0.119. The fourth-order valence-corrected chi connectivity index (χ4v) is 2.60. The zero-order chi connectivity index (χ0) is 15.4. The summed E-state index contributed by atoms with van der Waals surface area (Å²) < 4.78 is 34.6. The maximum absolute atomic E-state index is 10.8. The first-order chi connectivity index (χ1) is 9.23. The molecule has 2 atom stereocenters. The summed E-state index contributed by atoms with van der Waals surface area (Å²) in [4.78, 5) is 0. The highest BCUT2D eigenvalue weighted by molar-refractivity contribution is 7.81. The van der Waals surface area contributed by atoms with Crippen LogP contribution in [0.3, 0.4) is 0 Å². The smallest absolute Gasteiger partial charge is 0.385 e. The molecule has 0 aliphatic rings. The minimum Gasteiger partial charge on any atom is -0.385 e. The second-order valence-corrected chi connectivity index (χ2v) is 5.80. The number of hydrogen-bond acceptors (Lipinski definition) is 5. The van der Waals surface area contributed by atoms with Gasteiger partial charge in [-0.3, -0.25) is 4.55 Å². The molecule has 1 aromatic rings. The van der Waals surface area contributed by atoms with Crippen molar-refractivity contribution in [1.29, 1.82) is 0 Å². The second-order valence-electron chi connectivity index (χ2n) is 4.78. The highest BCUT2D eigenvalue weighted by Gasteiger charge is 2.33. The molecule has 0 saturated heterocycles. The molecule has 0 saturated carbocycles. The normalized spacial score (nSPS) is 16.4. The number of rotatable bonds is 7. The lowest BCUT2D eigenvalue weighted by atomic mass is 9.80. The van der Waals surface area contributed by atoms with Gasteiger partial charge in [0.25, 0.3) is 0 Å². The standard InChI is InChI=1S/C13H21NO5S/c1-4-13(15,10(2)9-14-3)11-6-5-7-12(8-11)19-20(16,17)18/h5-8,10,14-15H,4,9H2,1-3H3,(H,16,17,18). The third-order valence-corrected chi connectivity index (χ3v) is 3.80. The fourth-order valence-electron chi connectivity index (χ4n) is 2.25. The van der Waals surface area contributed by atoms with Crippen molar-refractivity contribution in [2.24, 2.45) is 5.92 Å². The Morgan fingerprint density at radius 3 is 2.60 bits per heavy atom. The zero-order valence-corrected chi connectivity index (χ0v) is 12.6. The van der Waals surface area contributed by atoms with E-state index in [1.165, 1.54) is 12.1 Å². The Morgan fingerprint density at radius 1 is 1.45 bits per heavy atom. The van der Waals surface area contributed by atoms with Gasteiger partial charge in [-0.05, 0) is 31.2 Å². The van der Waals surface area contributed by atoms with Crippen LogP contribution in [-0.4, -0.2) is 31.7 Å². The largest absolute Gasteiger partial charge is 0.446 e. The first-order valence-electron chi connectivity index (χ1n) is 6.37. The average molecular weight is 303 g/mol. The summed E-state index contributed by atoms with van der Waals surface area (Å²) in [6.45, 7) is 4.35. The van der Waals surface area contributed by atoms with Gasteiger partial charge in [0.1, 0.15) is 5.75 Å². The predicted molar refractivity (Wildman–Crippen MR) is 75.9 cm³/mol. The highest BCUT2D eigenvalue weighted by Crippen LogP contribution is 2.34. The Kier molecular flexibility index (Phi) is 5.52. The molecule has 6 nitrogen and oxygen atoms in total. The van der Waals surface area contributed by atoms with Gasteiger partial charge in [-0.15, -0.1) is 0 Å². The van der Waals surface area contributed by atoms with Crippen molar-refractivity contribution in [3.63, 3.8) is 0 Å². The molecule has 3 N–H and O–H groups in total. The van der Waals surface area contributed by atoms with Crippen molar-refractivity contribution in [3.05, 3.63) is 29.8 Å². The fraction of sp³-hybridized carbons (Fsp3) is 0.538. The maximum atomic E-state index is 10.8. The molecule has 0 radical (unpaired) electrons. The minimum absolute atomic E-state index is 0.0338. The minimum atomic E-state index is -4.57. The first kappa shape index (κ1) is 16.9. The van der Waals surface area contributed by atoms with Gasteiger partial charge in [0, 0.05) is 12.5 Å². The van der Waals surface area contributed by atoms with E-state index in [1.807, 2.05) is 13.8 Å². The van der Waals surface area contributed by atoms with Crippen LogP contribution < -0.4 is 9.50 Å². The van der Waals surface area contributed by atoms with Crippen molar-refractivity contribution < 1.29 is 22.3 Å². The Bertz CT molecular complexity index is 545. The van der Waals surface area contributed by atoms with Crippen LogP contribution in [0, 0.1) is 5.92 Å². The van der Waals surface area contributed by atoms with E-state index in [1.54, 1.807) is 19.2 Å². The molecule has 0 fully saturated rings. The van der Waals surface area contributed by atoms with Gasteiger partial charge < -0.3 is 14.6 Å². The molecule has 0 aromatic heterocycles. The van der Waals surface area contributed by atoms with Crippen molar-refractivity contribution in [2.45, 2.75) is 25.9 Å². The molecule has 0 amide bonds. The van der Waals surface area contributed by atoms with Gasteiger partial charge in [-0.25, -0.2) is 0 Å². The van der Waals surface area contributed by atoms with E-state index < -0.39 is 16.0 Å². The van der Waals surface area contributed by atoms with Gasteiger partial charge in [0.2, 0.25) is 0 Å². The second kappa shape index (κ2) is 6.53. The SMILES string of the molecule is CCC(O)(c1cccc(OS(=O)(=O)O)c1)C(C)CNC. The van der Waals surface area contributed by atoms with E-state index >= 15 is 0 Å². The third-order valence-electron chi connectivity index (χ3n) is 3.40. The number of benzene rings is 1. The van der Waals surface area contributed by atoms with E-state index in [9.17, 15) is 13.5 Å². The van der Waals surface area contributed by atoms with Gasteiger partial charge in [-0.2, -0.15) is 8.42 Å². The van der Waals surface area contributed by atoms with Crippen LogP contribution in [0.25, 0.3) is 0 Å². The van der Waals surface area contributed by atoms with Crippen LogP contribution in [0.2, 0.25) is 0 Å². The molecule has 0 heterocycles. The van der Waals surface area contributed by atoms with Crippen molar-refractivity contribution in [1.82, 2.24) is 5.32 Å². The Balaban J connectivity index is 3.13. The first-order valence-corrected chi connectivity index (χ1v) is 7.74. The van der Waals surface area contributed by atoms with Gasteiger partial charge in [-0.1, -0.05) is 26.0 Å². The highest BCUT2D eigenvalue weighted by atomic mass is 32.3. The zero-order valence-electron chi connectivity index (χ0n) is 11.8. The van der Waals surface area contributed by atoms with Crippen LogP contribution in [0.5, 0.6) is 5.75 Å². The molecule has 2 unspecified atom stereocenters. The molecule has 0 spiro atoms. The molecule has 0 bridgehead atoms. The maximum Gasteiger partial charge on any atom is 0.446 e. The van der Waals surface area contributed by atoms with Gasteiger partial charge in [0.15, 0.2) is 0 Å². The molecular formula is C13H21NO5S. The van der Waals surface area contributed by atoms with E-state index in [2.05, 4.69) is 9.50 Å². The number of nitrogens with one attached hydrogen (secondary N) is 1. The van der Waals surface area contributed by atoms with Crippen LogP contribution >= 0.6 is 0 Å². The van der Waals surface area contributed by atoms with E-state index in [4.69, 9.17) is 4.55 Å². The lowest BCUT2D eigenvalue weighted by molar-refractivity contribution is -0.0200. The molecule has 0 aliphatic carbocycles. The van der Waals surface area contributed by atoms with Gasteiger partial charge in [0.05, 0.1) is 5.60 Å². The third kappa shape index (κ3) is 4.17. The van der Waals surface area contributed by atoms with E-state index in [0.717, 1.165) is 0 Å². The van der Waals surface area contributed by atoms with Crippen LogP contribution in [0.15, 0.2) is 24.3 Å². The van der Waals surface area contributed by atoms with Crippen LogP contribution in [-0.2, 0) is 16.0 Å². The topological polar surface area (TPSA) is 95.9 Å². The number of aliphatic hydroxyl groups is 1. The van der Waals surface area contributed by atoms with Crippen LogP contribution in [0.4, 0.5) is 0 Å². The molecule has 1 rings (SSSR count). The quantitative estimate of drug-likeness (QED) is 0.658. The van der Waals surface area contributed by atoms with Crippen molar-refractivity contribution in [2.75, 3.05) is 13.6 Å². The monoisotopic (exact) mass is 303 g/mol.